The van der Waals surface area contributed by atoms with Crippen LogP contribution < -0.4 is 5.32 Å². The number of thioether (sulfide) groups is 1. The van der Waals surface area contributed by atoms with Crippen LogP contribution in [0.4, 0.5) is 0 Å². The molecule has 1 aliphatic carbocycles. The van der Waals surface area contributed by atoms with Gasteiger partial charge in [-0.1, -0.05) is 12.1 Å². The number of amides is 1. The van der Waals surface area contributed by atoms with Crippen molar-refractivity contribution in [2.45, 2.75) is 17.7 Å². The summed E-state index contributed by atoms with van der Waals surface area (Å²) in [5.74, 6) is -0.882. The second kappa shape index (κ2) is 5.97. The minimum Gasteiger partial charge on any atom is -0.481 e. The zero-order valence-corrected chi connectivity index (χ0v) is 11.6. The SMILES string of the molecule is N#CCSc1ccccc1C(=O)NCC1(C(=O)O)CC1. The van der Waals surface area contributed by atoms with E-state index in [1.54, 1.807) is 24.3 Å². The van der Waals surface area contributed by atoms with E-state index >= 15 is 0 Å². The molecule has 0 atom stereocenters. The fraction of sp³-hybridized carbons (Fsp3) is 0.357. The third-order valence-corrected chi connectivity index (χ3v) is 4.26. The monoisotopic (exact) mass is 290 g/mol. The van der Waals surface area contributed by atoms with Crippen molar-refractivity contribution in [3.05, 3.63) is 29.8 Å². The number of hydrogen-bond acceptors (Lipinski definition) is 4. The number of benzene rings is 1. The fourth-order valence-electron chi connectivity index (χ4n) is 1.85. The summed E-state index contributed by atoms with van der Waals surface area (Å²) in [5, 5.41) is 20.4. The maximum absolute atomic E-state index is 12.1. The number of rotatable bonds is 6. The zero-order chi connectivity index (χ0) is 14.6. The van der Waals surface area contributed by atoms with E-state index in [1.165, 1.54) is 11.8 Å². The van der Waals surface area contributed by atoms with Gasteiger partial charge in [-0.15, -0.1) is 11.8 Å². The lowest BCUT2D eigenvalue weighted by Crippen LogP contribution is -2.34. The number of aliphatic carboxylic acids is 1. The van der Waals surface area contributed by atoms with Crippen molar-refractivity contribution in [1.82, 2.24) is 5.32 Å². The molecular weight excluding hydrogens is 276 g/mol. The number of carboxylic acids is 1. The molecular formula is C14H14N2O3S. The van der Waals surface area contributed by atoms with Crippen LogP contribution in [0, 0.1) is 16.7 Å². The average molecular weight is 290 g/mol. The Morgan fingerprint density at radius 2 is 2.10 bits per heavy atom. The molecule has 1 aliphatic rings. The maximum atomic E-state index is 12.1. The van der Waals surface area contributed by atoms with Gasteiger partial charge in [0.15, 0.2) is 0 Å². The van der Waals surface area contributed by atoms with Gasteiger partial charge in [0.1, 0.15) is 0 Å². The predicted molar refractivity (Wildman–Crippen MR) is 74.4 cm³/mol. The van der Waals surface area contributed by atoms with Crippen LogP contribution in [0.3, 0.4) is 0 Å². The largest absolute Gasteiger partial charge is 0.481 e. The van der Waals surface area contributed by atoms with Gasteiger partial charge in [0.2, 0.25) is 0 Å². The van der Waals surface area contributed by atoms with E-state index in [2.05, 4.69) is 5.32 Å². The second-order valence-electron chi connectivity index (χ2n) is 4.71. The van der Waals surface area contributed by atoms with Gasteiger partial charge in [0.05, 0.1) is 22.8 Å². The van der Waals surface area contributed by atoms with E-state index in [4.69, 9.17) is 10.4 Å². The molecule has 1 aromatic carbocycles. The van der Waals surface area contributed by atoms with Crippen LogP contribution in [0.1, 0.15) is 23.2 Å². The zero-order valence-electron chi connectivity index (χ0n) is 10.8. The summed E-state index contributed by atoms with van der Waals surface area (Å²) in [5.41, 5.74) is -0.293. The van der Waals surface area contributed by atoms with Crippen molar-refractivity contribution in [2.24, 2.45) is 5.41 Å². The molecule has 2 N–H and O–H groups in total. The quantitative estimate of drug-likeness (QED) is 0.781. The molecule has 1 amide bonds. The Balaban J connectivity index is 2.02. The van der Waals surface area contributed by atoms with E-state index in [1.807, 2.05) is 6.07 Å². The summed E-state index contributed by atoms with van der Waals surface area (Å²) in [7, 11) is 0. The molecule has 2 rings (SSSR count). The minimum atomic E-state index is -0.857. The molecule has 0 heterocycles. The van der Waals surface area contributed by atoms with Gasteiger partial charge in [-0.25, -0.2) is 0 Å². The highest BCUT2D eigenvalue weighted by Gasteiger charge is 2.50. The molecule has 0 aliphatic heterocycles. The molecule has 1 saturated carbocycles. The van der Waals surface area contributed by atoms with E-state index in [0.29, 0.717) is 18.4 Å². The Morgan fingerprint density at radius 3 is 2.70 bits per heavy atom. The Hall–Kier alpha value is -2.00. The highest BCUT2D eigenvalue weighted by Crippen LogP contribution is 2.45. The van der Waals surface area contributed by atoms with Gasteiger partial charge in [-0.05, 0) is 25.0 Å². The van der Waals surface area contributed by atoms with Crippen molar-refractivity contribution in [3.63, 3.8) is 0 Å². The van der Waals surface area contributed by atoms with Gasteiger partial charge in [-0.2, -0.15) is 5.26 Å². The third kappa shape index (κ3) is 3.11. The van der Waals surface area contributed by atoms with Gasteiger partial charge in [0.25, 0.3) is 5.91 Å². The fourth-order valence-corrected chi connectivity index (χ4v) is 2.56. The number of nitriles is 1. The first-order chi connectivity index (χ1) is 9.59. The van der Waals surface area contributed by atoms with Crippen molar-refractivity contribution in [2.75, 3.05) is 12.3 Å². The molecule has 1 aromatic rings. The minimum absolute atomic E-state index is 0.151. The normalized spacial score (nSPS) is 15.2. The number of carbonyl (C=O) groups excluding carboxylic acids is 1. The number of nitrogens with one attached hydrogen (secondary N) is 1. The lowest BCUT2D eigenvalue weighted by Gasteiger charge is -2.12. The predicted octanol–water partition coefficient (Wildman–Crippen LogP) is 1.90. The molecule has 0 aromatic heterocycles. The van der Waals surface area contributed by atoms with Crippen LogP contribution in [-0.4, -0.2) is 29.3 Å². The molecule has 0 unspecified atom stereocenters. The van der Waals surface area contributed by atoms with Crippen LogP contribution in [0.5, 0.6) is 0 Å². The van der Waals surface area contributed by atoms with Crippen molar-refractivity contribution >= 4 is 23.6 Å². The Bertz CT molecular complexity index is 576. The lowest BCUT2D eigenvalue weighted by molar-refractivity contribution is -0.143. The van der Waals surface area contributed by atoms with Crippen molar-refractivity contribution in [1.29, 1.82) is 5.26 Å². The summed E-state index contributed by atoms with van der Waals surface area (Å²) < 4.78 is 0. The number of carbonyl (C=O) groups is 2. The average Bonchev–Trinajstić information content (AvgIpc) is 3.24. The van der Waals surface area contributed by atoms with E-state index in [0.717, 1.165) is 4.90 Å². The molecule has 0 saturated heterocycles. The third-order valence-electron chi connectivity index (χ3n) is 3.32. The summed E-state index contributed by atoms with van der Waals surface area (Å²) in [6.45, 7) is 0.151. The topological polar surface area (TPSA) is 90.2 Å². The molecule has 0 bridgehead atoms. The molecule has 0 radical (unpaired) electrons. The number of nitrogens with zero attached hydrogens (tertiary/aromatic N) is 1. The molecule has 6 heteroatoms. The second-order valence-corrected chi connectivity index (χ2v) is 5.73. The van der Waals surface area contributed by atoms with Crippen LogP contribution in [-0.2, 0) is 4.79 Å². The van der Waals surface area contributed by atoms with Crippen LogP contribution in [0.15, 0.2) is 29.2 Å². The Morgan fingerprint density at radius 1 is 1.40 bits per heavy atom. The van der Waals surface area contributed by atoms with Crippen molar-refractivity contribution in [3.8, 4) is 6.07 Å². The summed E-state index contributed by atoms with van der Waals surface area (Å²) >= 11 is 1.29. The summed E-state index contributed by atoms with van der Waals surface area (Å²) in [6.07, 6.45) is 1.21. The summed E-state index contributed by atoms with van der Waals surface area (Å²) in [6, 6.07) is 9.02. The molecule has 5 nitrogen and oxygen atoms in total. The maximum Gasteiger partial charge on any atom is 0.311 e. The number of carboxylic acid groups (broad SMARTS) is 1. The van der Waals surface area contributed by atoms with Gasteiger partial charge in [0, 0.05) is 11.4 Å². The lowest BCUT2D eigenvalue weighted by atomic mass is 10.1. The Kier molecular flexibility index (Phi) is 4.30. The number of hydrogen-bond donors (Lipinski definition) is 2. The van der Waals surface area contributed by atoms with Gasteiger partial charge in [-0.3, -0.25) is 9.59 Å². The molecule has 20 heavy (non-hydrogen) atoms. The first kappa shape index (κ1) is 14.4. The van der Waals surface area contributed by atoms with E-state index in [9.17, 15) is 9.59 Å². The standard InChI is InChI=1S/C14H14N2O3S/c15-7-8-20-11-4-2-1-3-10(11)12(17)16-9-14(5-6-14)13(18)19/h1-4H,5-6,8-9H2,(H,16,17)(H,18,19). The molecule has 0 spiro atoms. The van der Waals surface area contributed by atoms with Gasteiger partial charge < -0.3 is 10.4 Å². The van der Waals surface area contributed by atoms with E-state index in [-0.39, 0.29) is 18.2 Å². The van der Waals surface area contributed by atoms with Crippen LogP contribution in [0.2, 0.25) is 0 Å². The van der Waals surface area contributed by atoms with Crippen LogP contribution >= 0.6 is 11.8 Å². The molecule has 104 valence electrons. The first-order valence-electron chi connectivity index (χ1n) is 6.19. The summed E-state index contributed by atoms with van der Waals surface area (Å²) in [4.78, 5) is 23.9. The Labute approximate surface area is 121 Å². The van der Waals surface area contributed by atoms with Gasteiger partial charge >= 0.3 is 5.97 Å². The molecule has 1 fully saturated rings. The van der Waals surface area contributed by atoms with Crippen LogP contribution in [0.25, 0.3) is 0 Å². The van der Waals surface area contributed by atoms with Crippen molar-refractivity contribution < 1.29 is 14.7 Å². The highest BCUT2D eigenvalue weighted by molar-refractivity contribution is 7.99. The smallest absolute Gasteiger partial charge is 0.311 e. The highest BCUT2D eigenvalue weighted by atomic mass is 32.2. The van der Waals surface area contributed by atoms with E-state index < -0.39 is 11.4 Å². The first-order valence-corrected chi connectivity index (χ1v) is 7.18.